The molecule has 5 heteroatoms. The van der Waals surface area contributed by atoms with Gasteiger partial charge in [-0.25, -0.2) is 9.59 Å². The Balaban J connectivity index is 1.66. The largest absolute Gasteiger partial charge is 0.480 e. The molecule has 160 valence electrons. The Bertz CT molecular complexity index is 870. The SMILES string of the molecule is CN(C(=O)OCC1c2ccccc2-c2ccccc21)[C@@H](CCCC(C)(C)C)C(=O)O. The summed E-state index contributed by atoms with van der Waals surface area (Å²) >= 11 is 0. The van der Waals surface area contributed by atoms with Gasteiger partial charge >= 0.3 is 12.1 Å². The van der Waals surface area contributed by atoms with Crippen LogP contribution < -0.4 is 0 Å². The number of ether oxygens (including phenoxy) is 1. The van der Waals surface area contributed by atoms with Crippen molar-refractivity contribution in [3.8, 4) is 11.1 Å². The maximum absolute atomic E-state index is 12.7. The van der Waals surface area contributed by atoms with Crippen molar-refractivity contribution in [2.24, 2.45) is 5.41 Å². The van der Waals surface area contributed by atoms with Crippen molar-refractivity contribution in [3.63, 3.8) is 0 Å². The van der Waals surface area contributed by atoms with Gasteiger partial charge in [0, 0.05) is 13.0 Å². The van der Waals surface area contributed by atoms with Crippen LogP contribution in [0.3, 0.4) is 0 Å². The molecule has 2 aromatic carbocycles. The number of fused-ring (bicyclic) bond motifs is 3. The topological polar surface area (TPSA) is 66.8 Å². The molecule has 0 heterocycles. The first-order chi connectivity index (χ1) is 14.2. The highest BCUT2D eigenvalue weighted by Crippen LogP contribution is 2.44. The van der Waals surface area contributed by atoms with E-state index in [9.17, 15) is 14.7 Å². The molecular formula is C25H31NO4. The summed E-state index contributed by atoms with van der Waals surface area (Å²) in [5, 5.41) is 9.61. The predicted molar refractivity (Wildman–Crippen MR) is 118 cm³/mol. The Morgan fingerprint density at radius 1 is 1.03 bits per heavy atom. The molecule has 1 atom stereocenters. The number of aliphatic carboxylic acids is 1. The van der Waals surface area contributed by atoms with Crippen LogP contribution in [-0.4, -0.2) is 41.8 Å². The van der Waals surface area contributed by atoms with Gasteiger partial charge in [0.05, 0.1) is 0 Å². The monoisotopic (exact) mass is 409 g/mol. The summed E-state index contributed by atoms with van der Waals surface area (Å²) in [6.07, 6.45) is 1.45. The second-order valence-corrected chi connectivity index (χ2v) is 9.22. The van der Waals surface area contributed by atoms with E-state index in [1.807, 2.05) is 24.3 Å². The molecule has 2 aromatic rings. The minimum atomic E-state index is -1.00. The molecule has 1 amide bonds. The van der Waals surface area contributed by atoms with E-state index in [0.29, 0.717) is 6.42 Å². The number of likely N-dealkylation sites (N-methyl/N-ethyl adjacent to an activating group) is 1. The number of rotatable bonds is 7. The lowest BCUT2D eigenvalue weighted by Gasteiger charge is -2.26. The lowest BCUT2D eigenvalue weighted by atomic mass is 9.89. The van der Waals surface area contributed by atoms with Gasteiger partial charge in [-0.2, -0.15) is 0 Å². The van der Waals surface area contributed by atoms with Gasteiger partial charge in [0.25, 0.3) is 0 Å². The summed E-state index contributed by atoms with van der Waals surface area (Å²) < 4.78 is 5.60. The van der Waals surface area contributed by atoms with Crippen LogP contribution in [-0.2, 0) is 9.53 Å². The molecule has 0 radical (unpaired) electrons. The molecule has 1 aliphatic rings. The highest BCUT2D eigenvalue weighted by atomic mass is 16.6. The molecule has 5 nitrogen and oxygen atoms in total. The van der Waals surface area contributed by atoms with Crippen LogP contribution in [0.4, 0.5) is 4.79 Å². The summed E-state index contributed by atoms with van der Waals surface area (Å²) in [7, 11) is 1.51. The number of hydrogen-bond donors (Lipinski definition) is 1. The van der Waals surface area contributed by atoms with Gasteiger partial charge in [-0.15, -0.1) is 0 Å². The van der Waals surface area contributed by atoms with Gasteiger partial charge in [-0.05, 0) is 40.5 Å². The molecule has 1 aliphatic carbocycles. The van der Waals surface area contributed by atoms with Crippen molar-refractivity contribution in [3.05, 3.63) is 59.7 Å². The summed E-state index contributed by atoms with van der Waals surface area (Å²) in [6.45, 7) is 6.56. The molecular weight excluding hydrogens is 378 g/mol. The van der Waals surface area contributed by atoms with E-state index in [1.165, 1.54) is 11.9 Å². The number of carboxylic acid groups (broad SMARTS) is 1. The number of carbonyl (C=O) groups excluding carboxylic acids is 1. The van der Waals surface area contributed by atoms with Gasteiger partial charge < -0.3 is 9.84 Å². The van der Waals surface area contributed by atoms with Gasteiger partial charge in [0.2, 0.25) is 0 Å². The average molecular weight is 410 g/mol. The number of carboxylic acids is 1. The molecule has 0 saturated heterocycles. The van der Waals surface area contributed by atoms with E-state index in [4.69, 9.17) is 4.74 Å². The Kier molecular flexibility index (Phi) is 6.49. The zero-order valence-corrected chi connectivity index (χ0v) is 18.2. The van der Waals surface area contributed by atoms with Crippen LogP contribution in [0.1, 0.15) is 57.1 Å². The molecule has 0 aromatic heterocycles. The van der Waals surface area contributed by atoms with Crippen molar-refractivity contribution >= 4 is 12.1 Å². The maximum atomic E-state index is 12.7. The number of hydrogen-bond acceptors (Lipinski definition) is 3. The molecule has 0 saturated carbocycles. The van der Waals surface area contributed by atoms with Crippen LogP contribution in [0, 0.1) is 5.41 Å². The predicted octanol–water partition coefficient (Wildman–Crippen LogP) is 5.54. The third-order valence-corrected chi connectivity index (χ3v) is 5.78. The van der Waals surface area contributed by atoms with E-state index in [1.54, 1.807) is 0 Å². The highest BCUT2D eigenvalue weighted by Gasteiger charge is 2.31. The summed E-state index contributed by atoms with van der Waals surface area (Å²) in [6, 6.07) is 15.4. The maximum Gasteiger partial charge on any atom is 0.410 e. The quantitative estimate of drug-likeness (QED) is 0.652. The van der Waals surface area contributed by atoms with Crippen molar-refractivity contribution < 1.29 is 19.4 Å². The molecule has 3 rings (SSSR count). The third kappa shape index (κ3) is 4.84. The summed E-state index contributed by atoms with van der Waals surface area (Å²) in [5.41, 5.74) is 4.72. The smallest absolute Gasteiger partial charge is 0.410 e. The Morgan fingerprint density at radius 3 is 2.07 bits per heavy atom. The summed E-state index contributed by atoms with van der Waals surface area (Å²) in [5.74, 6) is -1.04. The van der Waals surface area contributed by atoms with Gasteiger partial charge in [-0.3, -0.25) is 4.90 Å². The molecule has 0 bridgehead atoms. The minimum absolute atomic E-state index is 0.0427. The standard InChI is InChI=1S/C25H31NO4/c1-25(2,3)15-9-14-22(23(27)28)26(4)24(29)30-16-21-19-12-7-5-10-17(19)18-11-6-8-13-20(18)21/h5-8,10-13,21-22H,9,14-16H2,1-4H3,(H,27,28)/t22-/m0/s1. The van der Waals surface area contributed by atoms with E-state index in [0.717, 1.165) is 35.1 Å². The third-order valence-electron chi connectivity index (χ3n) is 5.78. The minimum Gasteiger partial charge on any atom is -0.480 e. The molecule has 30 heavy (non-hydrogen) atoms. The number of benzene rings is 2. The molecule has 0 fully saturated rings. The lowest BCUT2D eigenvalue weighted by Crippen LogP contribution is -2.43. The van der Waals surface area contributed by atoms with Crippen molar-refractivity contribution in [1.82, 2.24) is 4.90 Å². The fourth-order valence-electron chi connectivity index (χ4n) is 4.13. The molecule has 0 unspecified atom stereocenters. The summed E-state index contributed by atoms with van der Waals surface area (Å²) in [4.78, 5) is 25.6. The Labute approximate surface area is 178 Å². The fourth-order valence-corrected chi connectivity index (χ4v) is 4.13. The molecule has 0 spiro atoms. The lowest BCUT2D eigenvalue weighted by molar-refractivity contribution is -0.142. The first-order valence-corrected chi connectivity index (χ1v) is 10.5. The van der Waals surface area contributed by atoms with E-state index in [-0.39, 0.29) is 17.9 Å². The fraction of sp³-hybridized carbons (Fsp3) is 0.440. The first kappa shape index (κ1) is 21.9. The van der Waals surface area contributed by atoms with Crippen LogP contribution in [0.15, 0.2) is 48.5 Å². The zero-order chi connectivity index (χ0) is 21.9. The Morgan fingerprint density at radius 2 is 1.57 bits per heavy atom. The van der Waals surface area contributed by atoms with Crippen LogP contribution in [0.2, 0.25) is 0 Å². The second-order valence-electron chi connectivity index (χ2n) is 9.22. The second kappa shape index (κ2) is 8.90. The van der Waals surface area contributed by atoms with E-state index >= 15 is 0 Å². The van der Waals surface area contributed by atoms with E-state index in [2.05, 4.69) is 45.0 Å². The number of carbonyl (C=O) groups is 2. The molecule has 0 aliphatic heterocycles. The van der Waals surface area contributed by atoms with Gasteiger partial charge in [0.1, 0.15) is 12.6 Å². The number of nitrogens with zero attached hydrogens (tertiary/aromatic N) is 1. The highest BCUT2D eigenvalue weighted by molar-refractivity contribution is 5.81. The van der Waals surface area contributed by atoms with Crippen LogP contribution in [0.5, 0.6) is 0 Å². The van der Waals surface area contributed by atoms with Gasteiger partial charge in [0.15, 0.2) is 0 Å². The number of amides is 1. The average Bonchev–Trinajstić information content (AvgIpc) is 3.02. The molecule has 1 N–H and O–H groups in total. The normalized spacial score (nSPS) is 14.0. The van der Waals surface area contributed by atoms with Crippen LogP contribution in [0.25, 0.3) is 11.1 Å². The first-order valence-electron chi connectivity index (χ1n) is 10.5. The van der Waals surface area contributed by atoms with Crippen molar-refractivity contribution in [2.75, 3.05) is 13.7 Å². The van der Waals surface area contributed by atoms with Gasteiger partial charge in [-0.1, -0.05) is 75.7 Å². The van der Waals surface area contributed by atoms with Crippen LogP contribution >= 0.6 is 0 Å². The van der Waals surface area contributed by atoms with E-state index < -0.39 is 18.1 Å². The van der Waals surface area contributed by atoms with Crippen molar-refractivity contribution in [2.45, 2.75) is 52.0 Å². The van der Waals surface area contributed by atoms with Crippen molar-refractivity contribution in [1.29, 1.82) is 0 Å². The zero-order valence-electron chi connectivity index (χ0n) is 18.2. The Hall–Kier alpha value is -2.82.